The lowest BCUT2D eigenvalue weighted by Gasteiger charge is -2.33. The molecule has 1 fully saturated rings. The van der Waals surface area contributed by atoms with Crippen LogP contribution in [0.5, 0.6) is 0 Å². The molecule has 1 aliphatic heterocycles. The maximum atomic E-state index is 11.9. The molecule has 4 heteroatoms. The first-order valence-electron chi connectivity index (χ1n) is 9.32. The van der Waals surface area contributed by atoms with Crippen molar-refractivity contribution in [2.24, 2.45) is 11.1 Å². The van der Waals surface area contributed by atoms with Gasteiger partial charge in [0.15, 0.2) is 0 Å². The highest BCUT2D eigenvalue weighted by molar-refractivity contribution is 5.98. The van der Waals surface area contributed by atoms with Gasteiger partial charge in [-0.1, -0.05) is 26.0 Å². The maximum Gasteiger partial charge on any atom is 0.249 e. The van der Waals surface area contributed by atoms with E-state index in [-0.39, 0.29) is 5.91 Å². The van der Waals surface area contributed by atoms with Crippen molar-refractivity contribution in [2.45, 2.75) is 46.1 Å². The zero-order valence-corrected chi connectivity index (χ0v) is 15.7. The molecule has 4 nitrogen and oxygen atoms in total. The van der Waals surface area contributed by atoms with Crippen molar-refractivity contribution in [2.75, 3.05) is 26.3 Å². The Morgan fingerprint density at radius 1 is 1.28 bits per heavy atom. The minimum Gasteiger partial charge on any atom is -0.379 e. The van der Waals surface area contributed by atoms with Crippen LogP contribution in [-0.2, 0) is 4.74 Å². The molecule has 2 N–H and O–H groups in total. The Hall–Kier alpha value is -1.65. The number of morpholine rings is 1. The Bertz CT molecular complexity index is 672. The van der Waals surface area contributed by atoms with Gasteiger partial charge in [-0.05, 0) is 60.4 Å². The fourth-order valence-electron chi connectivity index (χ4n) is 3.80. The van der Waals surface area contributed by atoms with Crippen LogP contribution >= 0.6 is 0 Å². The first kappa shape index (κ1) is 18.2. The lowest BCUT2D eigenvalue weighted by Crippen LogP contribution is -2.38. The third kappa shape index (κ3) is 4.13. The predicted octanol–water partition coefficient (Wildman–Crippen LogP) is 3.77. The fourth-order valence-corrected chi connectivity index (χ4v) is 3.80. The number of hydrogen-bond donors (Lipinski definition) is 1. The largest absolute Gasteiger partial charge is 0.379 e. The van der Waals surface area contributed by atoms with E-state index in [4.69, 9.17) is 10.5 Å². The van der Waals surface area contributed by atoms with Crippen LogP contribution in [0.25, 0.3) is 5.57 Å². The molecule has 1 atom stereocenters. The smallest absolute Gasteiger partial charge is 0.249 e. The second kappa shape index (κ2) is 7.30. The normalized spacial score (nSPS) is 22.3. The van der Waals surface area contributed by atoms with Crippen LogP contribution in [0, 0.1) is 5.41 Å². The van der Waals surface area contributed by atoms with Gasteiger partial charge >= 0.3 is 0 Å². The molecule has 0 bridgehead atoms. The molecular formula is C21H30N2O2. The molecule has 1 unspecified atom stereocenters. The van der Waals surface area contributed by atoms with Crippen LogP contribution in [0.4, 0.5) is 0 Å². The number of nitrogens with zero attached hydrogens (tertiary/aromatic N) is 1. The lowest BCUT2D eigenvalue weighted by atomic mass is 9.76. The summed E-state index contributed by atoms with van der Waals surface area (Å²) < 4.78 is 5.46. The van der Waals surface area contributed by atoms with E-state index in [0.29, 0.717) is 17.0 Å². The van der Waals surface area contributed by atoms with E-state index in [0.717, 1.165) is 51.1 Å². The standard InChI is InChI=1S/C21H30N2O2/c1-15(23-10-12-25-13-11-23)17-4-5-18(20(22)24)19(14-17)16-6-8-21(2,3)9-7-16/h4-6,14-15H,7-13H2,1-3H3,(H2,22,24). The minimum atomic E-state index is -0.341. The van der Waals surface area contributed by atoms with Crippen LogP contribution in [0.15, 0.2) is 24.3 Å². The fraction of sp³-hybridized carbons (Fsp3) is 0.571. The van der Waals surface area contributed by atoms with Gasteiger partial charge < -0.3 is 10.5 Å². The molecule has 1 aromatic rings. The number of hydrogen-bond acceptors (Lipinski definition) is 3. The molecule has 0 radical (unpaired) electrons. The Labute approximate surface area is 151 Å². The number of primary amides is 1. The van der Waals surface area contributed by atoms with E-state index < -0.39 is 0 Å². The van der Waals surface area contributed by atoms with E-state index in [1.165, 1.54) is 11.1 Å². The van der Waals surface area contributed by atoms with Gasteiger partial charge in [-0.25, -0.2) is 0 Å². The van der Waals surface area contributed by atoms with Gasteiger partial charge in [0, 0.05) is 24.7 Å². The van der Waals surface area contributed by atoms with E-state index >= 15 is 0 Å². The molecule has 0 saturated carbocycles. The summed E-state index contributed by atoms with van der Waals surface area (Å²) in [5.74, 6) is -0.341. The van der Waals surface area contributed by atoms with Gasteiger partial charge in [0.05, 0.1) is 13.2 Å². The number of carbonyl (C=O) groups is 1. The molecule has 0 aromatic heterocycles. The van der Waals surface area contributed by atoms with Crippen molar-refractivity contribution in [1.82, 2.24) is 4.90 Å². The molecule has 1 aromatic carbocycles. The van der Waals surface area contributed by atoms with Crippen molar-refractivity contribution >= 4 is 11.5 Å². The van der Waals surface area contributed by atoms with Gasteiger partial charge in [-0.3, -0.25) is 9.69 Å². The Balaban J connectivity index is 1.92. The number of carbonyl (C=O) groups excluding carboxylic acids is 1. The summed E-state index contributed by atoms with van der Waals surface area (Å²) in [7, 11) is 0. The number of allylic oxidation sites excluding steroid dienone is 2. The van der Waals surface area contributed by atoms with E-state index in [1.54, 1.807) is 0 Å². The third-order valence-electron chi connectivity index (χ3n) is 5.70. The van der Waals surface area contributed by atoms with Crippen molar-refractivity contribution in [3.05, 3.63) is 41.0 Å². The highest BCUT2D eigenvalue weighted by Gasteiger charge is 2.25. The average molecular weight is 342 g/mol. The van der Waals surface area contributed by atoms with E-state index in [2.05, 4.69) is 43.9 Å². The van der Waals surface area contributed by atoms with Crippen LogP contribution in [0.2, 0.25) is 0 Å². The zero-order chi connectivity index (χ0) is 18.0. The molecule has 25 heavy (non-hydrogen) atoms. The number of benzene rings is 1. The minimum absolute atomic E-state index is 0.310. The summed E-state index contributed by atoms with van der Waals surface area (Å²) in [6.45, 7) is 10.3. The predicted molar refractivity (Wildman–Crippen MR) is 101 cm³/mol. The quantitative estimate of drug-likeness (QED) is 0.906. The lowest BCUT2D eigenvalue weighted by molar-refractivity contribution is 0.0198. The number of amides is 1. The van der Waals surface area contributed by atoms with Gasteiger partial charge in [-0.2, -0.15) is 0 Å². The van der Waals surface area contributed by atoms with Crippen molar-refractivity contribution in [3.63, 3.8) is 0 Å². The summed E-state index contributed by atoms with van der Waals surface area (Å²) in [4.78, 5) is 14.4. The van der Waals surface area contributed by atoms with E-state index in [9.17, 15) is 4.79 Å². The van der Waals surface area contributed by atoms with Gasteiger partial charge in [-0.15, -0.1) is 0 Å². The first-order chi connectivity index (χ1) is 11.9. The van der Waals surface area contributed by atoms with Crippen LogP contribution in [0.3, 0.4) is 0 Å². The zero-order valence-electron chi connectivity index (χ0n) is 15.7. The van der Waals surface area contributed by atoms with Crippen molar-refractivity contribution in [1.29, 1.82) is 0 Å². The monoisotopic (exact) mass is 342 g/mol. The summed E-state index contributed by atoms with van der Waals surface area (Å²) >= 11 is 0. The average Bonchev–Trinajstić information content (AvgIpc) is 2.61. The van der Waals surface area contributed by atoms with Gasteiger partial charge in [0.2, 0.25) is 5.91 Å². The highest BCUT2D eigenvalue weighted by Crippen LogP contribution is 2.39. The third-order valence-corrected chi connectivity index (χ3v) is 5.70. The van der Waals surface area contributed by atoms with Gasteiger partial charge in [0.25, 0.3) is 0 Å². The molecule has 1 heterocycles. The second-order valence-corrected chi connectivity index (χ2v) is 8.09. The summed E-state index contributed by atoms with van der Waals surface area (Å²) in [6, 6.07) is 6.46. The Kier molecular flexibility index (Phi) is 5.30. The van der Waals surface area contributed by atoms with Crippen LogP contribution in [0.1, 0.15) is 67.6 Å². The maximum absolute atomic E-state index is 11.9. The molecule has 2 aliphatic rings. The van der Waals surface area contributed by atoms with Crippen molar-refractivity contribution < 1.29 is 9.53 Å². The summed E-state index contributed by atoms with van der Waals surface area (Å²) in [5, 5.41) is 0. The highest BCUT2D eigenvalue weighted by atomic mass is 16.5. The second-order valence-electron chi connectivity index (χ2n) is 8.09. The topological polar surface area (TPSA) is 55.6 Å². The Morgan fingerprint density at radius 3 is 2.60 bits per heavy atom. The van der Waals surface area contributed by atoms with E-state index in [1.807, 2.05) is 6.07 Å². The molecule has 136 valence electrons. The molecule has 1 saturated heterocycles. The number of rotatable bonds is 4. The number of nitrogens with two attached hydrogens (primary N) is 1. The molecule has 0 spiro atoms. The molecular weight excluding hydrogens is 312 g/mol. The van der Waals surface area contributed by atoms with Crippen LogP contribution < -0.4 is 5.73 Å². The SMILES string of the molecule is CC(c1ccc(C(N)=O)c(C2=CCC(C)(C)CC2)c1)N1CCOCC1. The van der Waals surface area contributed by atoms with Gasteiger partial charge in [0.1, 0.15) is 0 Å². The van der Waals surface area contributed by atoms with Crippen molar-refractivity contribution in [3.8, 4) is 0 Å². The summed E-state index contributed by atoms with van der Waals surface area (Å²) in [6.07, 6.45) is 5.49. The number of ether oxygens (including phenoxy) is 1. The Morgan fingerprint density at radius 2 is 2.00 bits per heavy atom. The summed E-state index contributed by atoms with van der Waals surface area (Å²) in [5.41, 5.74) is 10.2. The first-order valence-corrected chi connectivity index (χ1v) is 9.32. The molecule has 1 amide bonds. The van der Waals surface area contributed by atoms with Crippen LogP contribution in [-0.4, -0.2) is 37.1 Å². The molecule has 3 rings (SSSR count). The molecule has 1 aliphatic carbocycles.